The molecule has 1 saturated heterocycles. The van der Waals surface area contributed by atoms with Crippen molar-refractivity contribution in [1.82, 2.24) is 44.4 Å². The number of amides is 2. The molecule has 0 unspecified atom stereocenters. The van der Waals surface area contributed by atoms with Gasteiger partial charge in [-0.15, -0.1) is 0 Å². The number of hydrogen-bond donors (Lipinski definition) is 1. The Morgan fingerprint density at radius 2 is 1.98 bits per heavy atom. The second-order valence-corrected chi connectivity index (χ2v) is 9.75. The van der Waals surface area contributed by atoms with Crippen LogP contribution in [-0.2, 0) is 13.6 Å². The summed E-state index contributed by atoms with van der Waals surface area (Å²) >= 11 is 0. The summed E-state index contributed by atoms with van der Waals surface area (Å²) in [6.07, 6.45) is 11.2. The van der Waals surface area contributed by atoms with Gasteiger partial charge in [-0.3, -0.25) is 4.68 Å². The van der Waals surface area contributed by atoms with Crippen molar-refractivity contribution in [3.63, 3.8) is 0 Å². The minimum absolute atomic E-state index is 0.0838. The number of carbonyl (C=O) groups excluding carboxylic acids is 1. The van der Waals surface area contributed by atoms with Crippen LogP contribution in [0, 0.1) is 17.1 Å². The zero-order valence-corrected chi connectivity index (χ0v) is 21.9. The molecule has 0 aliphatic carbocycles. The molecule has 5 aromatic heterocycles. The first-order valence-electron chi connectivity index (χ1n) is 12.7. The number of piperazine rings is 1. The van der Waals surface area contributed by atoms with Crippen LogP contribution in [0.1, 0.15) is 18.1 Å². The third-order valence-electron chi connectivity index (χ3n) is 7.02. The van der Waals surface area contributed by atoms with Crippen molar-refractivity contribution in [2.24, 2.45) is 7.05 Å². The molecule has 1 fully saturated rings. The van der Waals surface area contributed by atoms with Crippen molar-refractivity contribution in [1.29, 1.82) is 5.26 Å². The number of pyridine rings is 2. The molecule has 40 heavy (non-hydrogen) atoms. The molecule has 0 bridgehead atoms. The number of rotatable bonds is 5. The van der Waals surface area contributed by atoms with Gasteiger partial charge in [0.2, 0.25) is 0 Å². The minimum Gasteiger partial charge on any atom is -0.366 e. The lowest BCUT2D eigenvalue weighted by molar-refractivity contribution is 0.171. The van der Waals surface area contributed by atoms with Gasteiger partial charge in [-0.05, 0) is 24.6 Å². The zero-order valence-electron chi connectivity index (χ0n) is 21.9. The Labute approximate surface area is 228 Å². The molecule has 202 valence electrons. The van der Waals surface area contributed by atoms with Gasteiger partial charge in [0.15, 0.2) is 11.6 Å². The van der Waals surface area contributed by atoms with Gasteiger partial charge < -0.3 is 15.1 Å². The Kier molecular flexibility index (Phi) is 6.35. The number of nitrogens with zero attached hydrogens (tertiary/aromatic N) is 10. The molecule has 1 N–H and O–H groups in total. The standard InChI is InChI=1S/C27H26FN11O/c1-18-14-36(24-7-20(22-12-32-35(2)15-22)16-39-26(24)21(8-29)11-33-39)5-6-37(18)27(40)31-10-19-3-4-25(30-9-19)38-17-23(28)13-34-38/h3-4,7,9,11-13,15-18H,5-6,10,14H2,1-2H3,(H,31,40)/t18-/m1/s1. The van der Waals surface area contributed by atoms with Crippen molar-refractivity contribution in [3.8, 4) is 23.0 Å². The van der Waals surface area contributed by atoms with E-state index in [-0.39, 0.29) is 12.1 Å². The van der Waals surface area contributed by atoms with Crippen LogP contribution in [0.4, 0.5) is 14.9 Å². The number of fused-ring (bicyclic) bond motifs is 1. The molecule has 1 aliphatic heterocycles. The lowest BCUT2D eigenvalue weighted by Crippen LogP contribution is -2.56. The molecular weight excluding hydrogens is 513 g/mol. The largest absolute Gasteiger partial charge is 0.366 e. The molecule has 13 heteroatoms. The van der Waals surface area contributed by atoms with Crippen molar-refractivity contribution < 1.29 is 9.18 Å². The fourth-order valence-electron chi connectivity index (χ4n) is 4.99. The van der Waals surface area contributed by atoms with Crippen LogP contribution < -0.4 is 10.2 Å². The van der Waals surface area contributed by atoms with Crippen LogP contribution in [0.3, 0.4) is 0 Å². The molecule has 0 radical (unpaired) electrons. The van der Waals surface area contributed by atoms with E-state index < -0.39 is 5.82 Å². The van der Waals surface area contributed by atoms with Crippen molar-refractivity contribution in [2.75, 3.05) is 24.5 Å². The van der Waals surface area contributed by atoms with Gasteiger partial charge in [-0.25, -0.2) is 23.4 Å². The van der Waals surface area contributed by atoms with Crippen molar-refractivity contribution in [2.45, 2.75) is 19.5 Å². The van der Waals surface area contributed by atoms with Gasteiger partial charge in [0.05, 0.1) is 36.0 Å². The van der Waals surface area contributed by atoms with Crippen LogP contribution >= 0.6 is 0 Å². The summed E-state index contributed by atoms with van der Waals surface area (Å²) in [6.45, 7) is 4.01. The summed E-state index contributed by atoms with van der Waals surface area (Å²) in [5.74, 6) is 0.0526. The third kappa shape index (κ3) is 4.71. The highest BCUT2D eigenvalue weighted by atomic mass is 19.1. The van der Waals surface area contributed by atoms with Crippen LogP contribution in [0.25, 0.3) is 22.5 Å². The predicted molar refractivity (Wildman–Crippen MR) is 144 cm³/mol. The topological polar surface area (TPSA) is 125 Å². The molecule has 2 amide bonds. The van der Waals surface area contributed by atoms with Gasteiger partial charge in [0.1, 0.15) is 11.6 Å². The molecule has 1 aliphatic rings. The Balaban J connectivity index is 1.15. The summed E-state index contributed by atoms with van der Waals surface area (Å²) < 4.78 is 18.1. The van der Waals surface area contributed by atoms with Crippen molar-refractivity contribution in [3.05, 3.63) is 78.5 Å². The number of halogens is 1. The summed E-state index contributed by atoms with van der Waals surface area (Å²) in [5, 5.41) is 25.3. The van der Waals surface area contributed by atoms with E-state index in [9.17, 15) is 14.4 Å². The van der Waals surface area contributed by atoms with E-state index in [1.807, 2.05) is 37.3 Å². The Bertz CT molecular complexity index is 1730. The Morgan fingerprint density at radius 1 is 1.10 bits per heavy atom. The highest BCUT2D eigenvalue weighted by molar-refractivity contribution is 5.84. The fourth-order valence-corrected chi connectivity index (χ4v) is 4.99. The Morgan fingerprint density at radius 3 is 2.65 bits per heavy atom. The van der Waals surface area contributed by atoms with E-state index in [4.69, 9.17) is 0 Å². The van der Waals surface area contributed by atoms with Gasteiger partial charge >= 0.3 is 6.03 Å². The van der Waals surface area contributed by atoms with E-state index in [0.29, 0.717) is 37.6 Å². The first kappa shape index (κ1) is 25.1. The van der Waals surface area contributed by atoms with Gasteiger partial charge in [-0.2, -0.15) is 20.6 Å². The average Bonchev–Trinajstić information content (AvgIpc) is 3.71. The summed E-state index contributed by atoms with van der Waals surface area (Å²) in [5.41, 5.74) is 4.84. The van der Waals surface area contributed by atoms with Crippen LogP contribution in [0.2, 0.25) is 0 Å². The van der Waals surface area contributed by atoms with E-state index in [2.05, 4.69) is 42.6 Å². The fraction of sp³-hybridized carbons (Fsp3) is 0.259. The molecule has 1 atom stereocenters. The summed E-state index contributed by atoms with van der Waals surface area (Å²) in [6, 6.07) is 7.61. The molecule has 6 rings (SSSR count). The zero-order chi connectivity index (χ0) is 27.8. The number of hydrogen-bond acceptors (Lipinski definition) is 7. The maximum Gasteiger partial charge on any atom is 0.318 e. The first-order chi connectivity index (χ1) is 19.4. The first-order valence-corrected chi connectivity index (χ1v) is 12.7. The third-order valence-corrected chi connectivity index (χ3v) is 7.02. The maximum atomic E-state index is 13.2. The number of nitriles is 1. The summed E-state index contributed by atoms with van der Waals surface area (Å²) in [7, 11) is 1.87. The number of anilines is 1. The average molecular weight is 540 g/mol. The molecule has 0 spiro atoms. The van der Waals surface area contributed by atoms with Gasteiger partial charge in [0, 0.05) is 69.0 Å². The van der Waals surface area contributed by atoms with Crippen LogP contribution in [-0.4, -0.2) is 70.8 Å². The molecule has 0 aromatic carbocycles. The lowest BCUT2D eigenvalue weighted by Gasteiger charge is -2.41. The number of nitrogens with one attached hydrogen (secondary N) is 1. The molecule has 5 aromatic rings. The lowest BCUT2D eigenvalue weighted by atomic mass is 10.1. The molecular formula is C27H26FN11O. The monoisotopic (exact) mass is 539 g/mol. The maximum absolute atomic E-state index is 13.2. The SMILES string of the molecule is C[C@@H]1CN(c2cc(-c3cnn(C)c3)cn3ncc(C#N)c23)CCN1C(=O)NCc1ccc(-n2cc(F)cn2)nc1. The quantitative estimate of drug-likeness (QED) is 0.364. The molecule has 12 nitrogen and oxygen atoms in total. The highest BCUT2D eigenvalue weighted by Gasteiger charge is 2.29. The number of aryl methyl sites for hydroxylation is 1. The molecule has 0 saturated carbocycles. The van der Waals surface area contributed by atoms with E-state index in [1.165, 1.54) is 10.9 Å². The van der Waals surface area contributed by atoms with E-state index in [1.54, 1.807) is 33.9 Å². The van der Waals surface area contributed by atoms with Crippen LogP contribution in [0.15, 0.2) is 61.6 Å². The predicted octanol–water partition coefficient (Wildman–Crippen LogP) is 2.75. The number of aromatic nitrogens is 7. The second-order valence-electron chi connectivity index (χ2n) is 9.75. The van der Waals surface area contributed by atoms with Gasteiger partial charge in [0.25, 0.3) is 0 Å². The minimum atomic E-state index is -0.436. The highest BCUT2D eigenvalue weighted by Crippen LogP contribution is 2.32. The van der Waals surface area contributed by atoms with E-state index in [0.717, 1.165) is 34.1 Å². The molecule has 6 heterocycles. The van der Waals surface area contributed by atoms with Crippen LogP contribution in [0.5, 0.6) is 0 Å². The van der Waals surface area contributed by atoms with E-state index >= 15 is 0 Å². The second kappa shape index (κ2) is 10.1. The smallest absolute Gasteiger partial charge is 0.318 e. The normalized spacial score (nSPS) is 15.4. The van der Waals surface area contributed by atoms with Crippen molar-refractivity contribution >= 4 is 17.2 Å². The summed E-state index contributed by atoms with van der Waals surface area (Å²) in [4.78, 5) is 21.4. The van der Waals surface area contributed by atoms with Gasteiger partial charge in [-0.1, -0.05) is 6.07 Å². The number of carbonyl (C=O) groups is 1. The number of urea groups is 1. The Hall–Kier alpha value is -5.25.